The minimum Gasteiger partial charge on any atom is -0.464 e. The van der Waals surface area contributed by atoms with Crippen molar-refractivity contribution >= 4 is 12.1 Å². The third kappa shape index (κ3) is 11.3. The van der Waals surface area contributed by atoms with Crippen LogP contribution < -0.4 is 5.32 Å². The highest BCUT2D eigenvalue weighted by molar-refractivity contribution is 5.81. The van der Waals surface area contributed by atoms with E-state index in [4.69, 9.17) is 9.47 Å². The van der Waals surface area contributed by atoms with Crippen LogP contribution in [0.4, 0.5) is 4.79 Å². The number of amides is 1. The van der Waals surface area contributed by atoms with E-state index >= 15 is 0 Å². The fraction of sp³-hybridized carbons (Fsp3) is 0.895. The number of hydrogen-bond donors (Lipinski definition) is 1. The van der Waals surface area contributed by atoms with E-state index in [0.717, 1.165) is 51.4 Å². The van der Waals surface area contributed by atoms with Crippen molar-refractivity contribution in [1.29, 1.82) is 0 Å². The fourth-order valence-corrected chi connectivity index (χ4v) is 2.44. The molecule has 2 unspecified atom stereocenters. The van der Waals surface area contributed by atoms with Crippen molar-refractivity contribution < 1.29 is 19.1 Å². The summed E-state index contributed by atoms with van der Waals surface area (Å²) < 4.78 is 10.6. The van der Waals surface area contributed by atoms with E-state index in [1.165, 1.54) is 0 Å². The maximum Gasteiger partial charge on any atom is 0.407 e. The van der Waals surface area contributed by atoms with Gasteiger partial charge in [-0.3, -0.25) is 0 Å². The second kappa shape index (κ2) is 15.3. The van der Waals surface area contributed by atoms with E-state index in [0.29, 0.717) is 25.6 Å². The molecule has 0 aliphatic rings. The number of rotatable bonds is 14. The number of nitrogens with one attached hydrogen (secondary N) is 1. The van der Waals surface area contributed by atoms with E-state index in [-0.39, 0.29) is 5.97 Å². The highest BCUT2D eigenvalue weighted by Gasteiger charge is 2.22. The smallest absolute Gasteiger partial charge is 0.407 e. The lowest BCUT2D eigenvalue weighted by Crippen LogP contribution is -2.42. The lowest BCUT2D eigenvalue weighted by atomic mass is 10.0. The van der Waals surface area contributed by atoms with Crippen molar-refractivity contribution in [2.45, 2.75) is 91.5 Å². The summed E-state index contributed by atoms with van der Waals surface area (Å²) in [4.78, 5) is 24.0. The lowest BCUT2D eigenvalue weighted by Gasteiger charge is -2.19. The van der Waals surface area contributed by atoms with Gasteiger partial charge in [0.1, 0.15) is 6.04 Å². The molecule has 0 aromatic heterocycles. The van der Waals surface area contributed by atoms with Gasteiger partial charge in [0.25, 0.3) is 0 Å². The van der Waals surface area contributed by atoms with Crippen molar-refractivity contribution in [1.82, 2.24) is 5.32 Å². The molecule has 0 saturated carbocycles. The van der Waals surface area contributed by atoms with Crippen molar-refractivity contribution in [2.24, 2.45) is 5.92 Å². The Labute approximate surface area is 147 Å². The molecule has 0 bridgehead atoms. The summed E-state index contributed by atoms with van der Waals surface area (Å²) in [6, 6.07) is -0.611. The molecule has 0 saturated heterocycles. The first kappa shape index (κ1) is 22.7. The quantitative estimate of drug-likeness (QED) is 0.362. The Bertz CT molecular complexity index is 333. The molecule has 142 valence electrons. The minimum atomic E-state index is -0.611. The van der Waals surface area contributed by atoms with Crippen LogP contribution in [0, 0.1) is 5.92 Å². The molecule has 0 heterocycles. The van der Waals surface area contributed by atoms with Gasteiger partial charge < -0.3 is 14.8 Å². The van der Waals surface area contributed by atoms with Crippen molar-refractivity contribution in [3.05, 3.63) is 0 Å². The Morgan fingerprint density at radius 1 is 0.875 bits per heavy atom. The van der Waals surface area contributed by atoms with Crippen LogP contribution in [-0.4, -0.2) is 31.3 Å². The molecule has 0 aromatic rings. The molecular formula is C19H37NO4. The summed E-state index contributed by atoms with van der Waals surface area (Å²) in [6.45, 7) is 9.16. The average molecular weight is 344 g/mol. The molecule has 5 nitrogen and oxygen atoms in total. The number of alkyl carbamates (subject to hydrolysis) is 1. The van der Waals surface area contributed by atoms with Crippen LogP contribution in [0.2, 0.25) is 0 Å². The summed E-state index contributed by atoms with van der Waals surface area (Å²) in [5, 5.41) is 2.66. The number of carbonyl (C=O) groups excluding carboxylic acids is 2. The highest BCUT2D eigenvalue weighted by atomic mass is 16.6. The molecule has 5 heteroatoms. The molecule has 1 N–H and O–H groups in total. The van der Waals surface area contributed by atoms with Gasteiger partial charge >= 0.3 is 12.1 Å². The molecule has 24 heavy (non-hydrogen) atoms. The van der Waals surface area contributed by atoms with Crippen LogP contribution in [0.1, 0.15) is 85.5 Å². The molecule has 2 atom stereocenters. The number of carbonyl (C=O) groups is 2. The van der Waals surface area contributed by atoms with Gasteiger partial charge in [-0.2, -0.15) is 0 Å². The molecule has 0 radical (unpaired) electrons. The third-order valence-corrected chi connectivity index (χ3v) is 4.14. The highest BCUT2D eigenvalue weighted by Crippen LogP contribution is 2.13. The van der Waals surface area contributed by atoms with E-state index in [1.807, 2.05) is 6.92 Å². The van der Waals surface area contributed by atoms with E-state index < -0.39 is 12.1 Å². The maximum atomic E-state index is 12.1. The van der Waals surface area contributed by atoms with Crippen LogP contribution in [-0.2, 0) is 14.3 Å². The molecule has 0 aliphatic heterocycles. The standard InChI is InChI=1S/C19H37NO4/c1-5-9-11-14-23-18(21)17(12-7-3)20-19(22)24-15-16(8-4)13-10-6-2/h16-17H,5-15H2,1-4H3,(H,20,22). The van der Waals surface area contributed by atoms with E-state index in [1.54, 1.807) is 0 Å². The zero-order chi connectivity index (χ0) is 18.2. The SMILES string of the molecule is CCCCCOC(=O)C(CCC)NC(=O)OCC(CC)CCCC. The molecule has 1 amide bonds. The van der Waals surface area contributed by atoms with Crippen LogP contribution in [0.3, 0.4) is 0 Å². The summed E-state index contributed by atoms with van der Waals surface area (Å²) >= 11 is 0. The minimum absolute atomic E-state index is 0.358. The van der Waals surface area contributed by atoms with Gasteiger partial charge in [0.2, 0.25) is 0 Å². The second-order valence-electron chi connectivity index (χ2n) is 6.38. The topological polar surface area (TPSA) is 64.6 Å². The van der Waals surface area contributed by atoms with Crippen LogP contribution in [0.5, 0.6) is 0 Å². The van der Waals surface area contributed by atoms with Gasteiger partial charge in [-0.25, -0.2) is 9.59 Å². The Morgan fingerprint density at radius 2 is 1.58 bits per heavy atom. The largest absolute Gasteiger partial charge is 0.464 e. The van der Waals surface area contributed by atoms with Gasteiger partial charge in [-0.05, 0) is 25.2 Å². The lowest BCUT2D eigenvalue weighted by molar-refractivity contribution is -0.146. The van der Waals surface area contributed by atoms with Crippen LogP contribution in [0.25, 0.3) is 0 Å². The van der Waals surface area contributed by atoms with Crippen LogP contribution >= 0.6 is 0 Å². The maximum absolute atomic E-state index is 12.1. The van der Waals surface area contributed by atoms with Crippen molar-refractivity contribution in [3.63, 3.8) is 0 Å². The Balaban J connectivity index is 4.23. The predicted octanol–water partition coefficient (Wildman–Crippen LogP) is 4.83. The average Bonchev–Trinajstić information content (AvgIpc) is 2.58. The summed E-state index contributed by atoms with van der Waals surface area (Å²) in [5.74, 6) is 0.0317. The molecule has 0 fully saturated rings. The van der Waals surface area contributed by atoms with Crippen molar-refractivity contribution in [3.8, 4) is 0 Å². The number of unbranched alkanes of at least 4 members (excludes halogenated alkanes) is 3. The zero-order valence-electron chi connectivity index (χ0n) is 16.1. The number of esters is 1. The van der Waals surface area contributed by atoms with Gasteiger partial charge in [0.15, 0.2) is 0 Å². The molecule has 0 rings (SSSR count). The Hall–Kier alpha value is -1.26. The third-order valence-electron chi connectivity index (χ3n) is 4.14. The molecule has 0 aliphatic carbocycles. The first-order valence-electron chi connectivity index (χ1n) is 9.68. The molecule has 0 spiro atoms. The van der Waals surface area contributed by atoms with Gasteiger partial charge in [0.05, 0.1) is 13.2 Å². The summed E-state index contributed by atoms with van der Waals surface area (Å²) in [5.41, 5.74) is 0. The molecular weight excluding hydrogens is 306 g/mol. The summed E-state index contributed by atoms with van der Waals surface area (Å²) in [6.07, 6.45) is 8.17. The predicted molar refractivity (Wildman–Crippen MR) is 97.0 cm³/mol. The second-order valence-corrected chi connectivity index (χ2v) is 6.38. The van der Waals surface area contributed by atoms with Crippen LogP contribution in [0.15, 0.2) is 0 Å². The number of ether oxygens (including phenoxy) is 2. The van der Waals surface area contributed by atoms with Gasteiger partial charge in [-0.15, -0.1) is 0 Å². The van der Waals surface area contributed by atoms with E-state index in [9.17, 15) is 9.59 Å². The zero-order valence-corrected chi connectivity index (χ0v) is 16.1. The normalized spacial score (nSPS) is 13.2. The van der Waals surface area contributed by atoms with E-state index in [2.05, 4.69) is 26.1 Å². The fourth-order valence-electron chi connectivity index (χ4n) is 2.44. The Kier molecular flexibility index (Phi) is 14.5. The molecule has 0 aromatic carbocycles. The monoisotopic (exact) mass is 343 g/mol. The first-order valence-corrected chi connectivity index (χ1v) is 9.68. The van der Waals surface area contributed by atoms with Gasteiger partial charge in [0, 0.05) is 0 Å². The first-order chi connectivity index (χ1) is 11.6. The Morgan fingerprint density at radius 3 is 2.17 bits per heavy atom. The van der Waals surface area contributed by atoms with Gasteiger partial charge in [-0.1, -0.05) is 66.2 Å². The summed E-state index contributed by atoms with van der Waals surface area (Å²) in [7, 11) is 0. The van der Waals surface area contributed by atoms with Crippen molar-refractivity contribution in [2.75, 3.05) is 13.2 Å². The number of hydrogen-bond acceptors (Lipinski definition) is 4.